The minimum Gasteiger partial charge on any atom is -0.352 e. The highest BCUT2D eigenvalue weighted by Crippen LogP contribution is 2.33. The van der Waals surface area contributed by atoms with Gasteiger partial charge in [0.1, 0.15) is 6.04 Å². The molecule has 2 rings (SSSR count). The maximum atomic E-state index is 12.4. The Labute approximate surface area is 151 Å². The second-order valence-corrected chi connectivity index (χ2v) is 5.67. The maximum Gasteiger partial charge on any atom is 0.330 e. The van der Waals surface area contributed by atoms with Crippen molar-refractivity contribution in [2.24, 2.45) is 0 Å². The SMILES string of the molecule is CCNC(=O)c1cccc(C2C(C#N)=C(C)NC(=O)N2C(=O)NCC)c1. The van der Waals surface area contributed by atoms with Gasteiger partial charge in [-0.1, -0.05) is 12.1 Å². The average molecular weight is 355 g/mol. The number of nitrogens with one attached hydrogen (secondary N) is 3. The summed E-state index contributed by atoms with van der Waals surface area (Å²) in [5, 5.41) is 17.4. The highest BCUT2D eigenvalue weighted by atomic mass is 16.2. The fourth-order valence-electron chi connectivity index (χ4n) is 2.76. The summed E-state index contributed by atoms with van der Waals surface area (Å²) >= 11 is 0. The lowest BCUT2D eigenvalue weighted by atomic mass is 9.93. The predicted octanol–water partition coefficient (Wildman–Crippen LogP) is 2.03. The molecule has 0 bridgehead atoms. The molecule has 1 aromatic carbocycles. The van der Waals surface area contributed by atoms with Gasteiger partial charge in [-0.3, -0.25) is 4.79 Å². The fourth-order valence-corrected chi connectivity index (χ4v) is 2.76. The van der Waals surface area contributed by atoms with E-state index in [1.165, 1.54) is 0 Å². The molecule has 26 heavy (non-hydrogen) atoms. The number of amides is 5. The first-order valence-electron chi connectivity index (χ1n) is 8.31. The van der Waals surface area contributed by atoms with Crippen molar-refractivity contribution < 1.29 is 14.4 Å². The highest BCUT2D eigenvalue weighted by Gasteiger charge is 2.38. The smallest absolute Gasteiger partial charge is 0.330 e. The van der Waals surface area contributed by atoms with Crippen molar-refractivity contribution in [1.29, 1.82) is 5.26 Å². The van der Waals surface area contributed by atoms with E-state index in [0.29, 0.717) is 29.9 Å². The molecule has 5 amide bonds. The van der Waals surface area contributed by atoms with Crippen LogP contribution in [0.5, 0.6) is 0 Å². The Morgan fingerprint density at radius 1 is 1.27 bits per heavy atom. The Hall–Kier alpha value is -3.34. The molecule has 0 saturated carbocycles. The van der Waals surface area contributed by atoms with Crippen molar-refractivity contribution in [3.05, 3.63) is 46.7 Å². The largest absolute Gasteiger partial charge is 0.352 e. The van der Waals surface area contributed by atoms with E-state index < -0.39 is 18.1 Å². The molecule has 1 aliphatic rings. The number of allylic oxidation sites excluding steroid dienone is 1. The first-order valence-corrected chi connectivity index (χ1v) is 8.31. The summed E-state index contributed by atoms with van der Waals surface area (Å²) in [5.74, 6) is -0.265. The summed E-state index contributed by atoms with van der Waals surface area (Å²) < 4.78 is 0. The molecule has 8 heteroatoms. The second kappa shape index (κ2) is 8.16. The molecule has 1 heterocycles. The van der Waals surface area contributed by atoms with E-state index in [0.717, 1.165) is 4.90 Å². The van der Waals surface area contributed by atoms with Crippen LogP contribution in [0.3, 0.4) is 0 Å². The molecule has 0 saturated heterocycles. The van der Waals surface area contributed by atoms with Gasteiger partial charge in [0.25, 0.3) is 5.91 Å². The van der Waals surface area contributed by atoms with Gasteiger partial charge < -0.3 is 16.0 Å². The lowest BCUT2D eigenvalue weighted by Crippen LogP contribution is -2.53. The number of urea groups is 2. The van der Waals surface area contributed by atoms with Gasteiger partial charge in [-0.2, -0.15) is 5.26 Å². The highest BCUT2D eigenvalue weighted by molar-refractivity contribution is 5.97. The number of carbonyl (C=O) groups excluding carboxylic acids is 3. The molecule has 1 unspecified atom stereocenters. The Kier molecular flexibility index (Phi) is 5.96. The summed E-state index contributed by atoms with van der Waals surface area (Å²) in [4.78, 5) is 37.9. The summed E-state index contributed by atoms with van der Waals surface area (Å²) in [7, 11) is 0. The number of nitriles is 1. The van der Waals surface area contributed by atoms with Crippen LogP contribution in [0.1, 0.15) is 42.7 Å². The molecule has 8 nitrogen and oxygen atoms in total. The summed E-state index contributed by atoms with van der Waals surface area (Å²) in [5.41, 5.74) is 1.52. The number of benzene rings is 1. The van der Waals surface area contributed by atoms with Crippen molar-refractivity contribution in [2.45, 2.75) is 26.8 Å². The molecule has 1 aliphatic heterocycles. The Bertz CT molecular complexity index is 809. The third-order valence-corrected chi connectivity index (χ3v) is 3.92. The normalized spacial score (nSPS) is 16.6. The average Bonchev–Trinajstić information content (AvgIpc) is 2.61. The zero-order valence-electron chi connectivity index (χ0n) is 14.9. The molecule has 0 aliphatic carbocycles. The van der Waals surface area contributed by atoms with Crippen LogP contribution in [-0.2, 0) is 0 Å². The van der Waals surface area contributed by atoms with E-state index in [1.807, 2.05) is 6.92 Å². The Balaban J connectivity index is 2.56. The summed E-state index contributed by atoms with van der Waals surface area (Å²) in [6.07, 6.45) is 0. The quantitative estimate of drug-likeness (QED) is 0.766. The van der Waals surface area contributed by atoms with Crippen LogP contribution in [0, 0.1) is 11.3 Å². The van der Waals surface area contributed by atoms with Crippen molar-refractivity contribution in [1.82, 2.24) is 20.9 Å². The van der Waals surface area contributed by atoms with Gasteiger partial charge >= 0.3 is 12.1 Å². The van der Waals surface area contributed by atoms with Gasteiger partial charge in [-0.15, -0.1) is 0 Å². The van der Waals surface area contributed by atoms with E-state index >= 15 is 0 Å². The van der Waals surface area contributed by atoms with E-state index in [2.05, 4.69) is 22.0 Å². The number of hydrogen-bond donors (Lipinski definition) is 3. The standard InChI is InChI=1S/C18H21N5O3/c1-4-20-16(24)13-8-6-7-12(9-13)15-14(10-19)11(3)22-18(26)23(15)17(25)21-5-2/h6-9,15H,4-5H2,1-3H3,(H,20,24)(H,21,25)(H,22,26). The number of carbonyl (C=O) groups is 3. The monoisotopic (exact) mass is 355 g/mol. The predicted molar refractivity (Wildman–Crippen MR) is 94.9 cm³/mol. The van der Waals surface area contributed by atoms with Crippen LogP contribution >= 0.6 is 0 Å². The third kappa shape index (κ3) is 3.67. The van der Waals surface area contributed by atoms with Gasteiger partial charge in [0, 0.05) is 24.4 Å². The van der Waals surface area contributed by atoms with E-state index in [-0.39, 0.29) is 11.5 Å². The topological polar surface area (TPSA) is 114 Å². The Morgan fingerprint density at radius 2 is 1.96 bits per heavy atom. The van der Waals surface area contributed by atoms with Crippen molar-refractivity contribution in [3.8, 4) is 6.07 Å². The van der Waals surface area contributed by atoms with Crippen LogP contribution in [0.15, 0.2) is 35.5 Å². The molecular weight excluding hydrogens is 334 g/mol. The van der Waals surface area contributed by atoms with E-state index in [4.69, 9.17) is 0 Å². The van der Waals surface area contributed by atoms with Crippen LogP contribution in [-0.4, -0.2) is 36.0 Å². The zero-order valence-corrected chi connectivity index (χ0v) is 14.9. The van der Waals surface area contributed by atoms with E-state index in [1.54, 1.807) is 38.1 Å². The number of nitrogens with zero attached hydrogens (tertiary/aromatic N) is 2. The van der Waals surface area contributed by atoms with Crippen LogP contribution in [0.4, 0.5) is 9.59 Å². The lowest BCUT2D eigenvalue weighted by Gasteiger charge is -2.34. The zero-order chi connectivity index (χ0) is 19.3. The number of hydrogen-bond acceptors (Lipinski definition) is 4. The fraction of sp³-hybridized carbons (Fsp3) is 0.333. The molecule has 0 fully saturated rings. The lowest BCUT2D eigenvalue weighted by molar-refractivity contribution is 0.0955. The molecule has 136 valence electrons. The van der Waals surface area contributed by atoms with Gasteiger partial charge in [-0.05, 0) is 38.5 Å². The van der Waals surface area contributed by atoms with Gasteiger partial charge in [0.15, 0.2) is 0 Å². The summed E-state index contributed by atoms with van der Waals surface area (Å²) in [6, 6.07) is 6.49. The minimum absolute atomic E-state index is 0.240. The molecular formula is C18H21N5O3. The number of imide groups is 1. The van der Waals surface area contributed by atoms with Gasteiger partial charge in [0.2, 0.25) is 0 Å². The minimum atomic E-state index is -0.908. The van der Waals surface area contributed by atoms with Crippen LogP contribution in [0.2, 0.25) is 0 Å². The Morgan fingerprint density at radius 3 is 2.58 bits per heavy atom. The first-order chi connectivity index (χ1) is 12.4. The van der Waals surface area contributed by atoms with Crippen molar-refractivity contribution in [2.75, 3.05) is 13.1 Å². The molecule has 0 aromatic heterocycles. The van der Waals surface area contributed by atoms with Crippen molar-refractivity contribution in [3.63, 3.8) is 0 Å². The number of rotatable bonds is 4. The molecule has 3 N–H and O–H groups in total. The maximum absolute atomic E-state index is 12.4. The first kappa shape index (κ1) is 19.0. The molecule has 0 spiro atoms. The van der Waals surface area contributed by atoms with Gasteiger partial charge in [-0.25, -0.2) is 14.5 Å². The van der Waals surface area contributed by atoms with Crippen molar-refractivity contribution >= 4 is 18.0 Å². The second-order valence-electron chi connectivity index (χ2n) is 5.67. The third-order valence-electron chi connectivity index (χ3n) is 3.92. The molecule has 1 aromatic rings. The molecule has 1 atom stereocenters. The van der Waals surface area contributed by atoms with Gasteiger partial charge in [0.05, 0.1) is 11.6 Å². The summed E-state index contributed by atoms with van der Waals surface area (Å²) in [6.45, 7) is 5.95. The van der Waals surface area contributed by atoms with Crippen LogP contribution in [0.25, 0.3) is 0 Å². The van der Waals surface area contributed by atoms with Crippen LogP contribution < -0.4 is 16.0 Å². The molecule has 0 radical (unpaired) electrons. The van der Waals surface area contributed by atoms with E-state index in [9.17, 15) is 19.6 Å².